The monoisotopic (exact) mass is 267 g/mol. The van der Waals surface area contributed by atoms with Crippen molar-refractivity contribution in [1.82, 2.24) is 5.32 Å². The molecule has 98 valence electrons. The Morgan fingerprint density at radius 1 is 1.39 bits per heavy atom. The number of carbonyl (C=O) groups is 1. The molecule has 0 saturated heterocycles. The van der Waals surface area contributed by atoms with Gasteiger partial charge in [-0.3, -0.25) is 4.79 Å². The van der Waals surface area contributed by atoms with Crippen molar-refractivity contribution in [3.8, 4) is 0 Å². The van der Waals surface area contributed by atoms with E-state index in [0.717, 1.165) is 24.8 Å². The zero-order valence-corrected chi connectivity index (χ0v) is 11.2. The average Bonchev–Trinajstić information content (AvgIpc) is 2.26. The van der Waals surface area contributed by atoms with Crippen molar-refractivity contribution in [3.63, 3.8) is 0 Å². The third kappa shape index (κ3) is 3.03. The quantitative estimate of drug-likeness (QED) is 0.881. The second-order valence-corrected chi connectivity index (χ2v) is 5.36. The SMILES string of the molecule is CC(NC(=O)C1CCC1)C(O)c1ccc(Cl)cc1. The van der Waals surface area contributed by atoms with Crippen molar-refractivity contribution in [2.24, 2.45) is 5.92 Å². The summed E-state index contributed by atoms with van der Waals surface area (Å²) in [6.07, 6.45) is 2.36. The first-order valence-electron chi connectivity index (χ1n) is 6.32. The minimum absolute atomic E-state index is 0.0572. The van der Waals surface area contributed by atoms with E-state index in [1.54, 1.807) is 24.3 Å². The van der Waals surface area contributed by atoms with Gasteiger partial charge in [-0.05, 0) is 37.5 Å². The largest absolute Gasteiger partial charge is 0.386 e. The molecule has 3 nitrogen and oxygen atoms in total. The smallest absolute Gasteiger partial charge is 0.223 e. The Balaban J connectivity index is 1.93. The Bertz CT molecular complexity index is 414. The van der Waals surface area contributed by atoms with Crippen LogP contribution in [0.2, 0.25) is 5.02 Å². The lowest BCUT2D eigenvalue weighted by molar-refractivity contribution is -0.128. The van der Waals surface area contributed by atoms with Crippen LogP contribution in [0.5, 0.6) is 0 Å². The molecule has 1 aromatic rings. The molecule has 0 aromatic heterocycles. The number of halogens is 1. The lowest BCUT2D eigenvalue weighted by atomic mass is 9.84. The normalized spacial score (nSPS) is 18.8. The van der Waals surface area contributed by atoms with Gasteiger partial charge in [0.25, 0.3) is 0 Å². The van der Waals surface area contributed by atoms with E-state index in [0.29, 0.717) is 5.02 Å². The van der Waals surface area contributed by atoms with Gasteiger partial charge in [-0.15, -0.1) is 0 Å². The van der Waals surface area contributed by atoms with Crippen molar-refractivity contribution in [3.05, 3.63) is 34.9 Å². The number of aliphatic hydroxyl groups is 1. The van der Waals surface area contributed by atoms with Crippen molar-refractivity contribution in [2.45, 2.75) is 38.3 Å². The molecule has 1 aliphatic carbocycles. The third-order valence-electron chi connectivity index (χ3n) is 3.53. The maximum Gasteiger partial charge on any atom is 0.223 e. The summed E-state index contributed by atoms with van der Waals surface area (Å²) < 4.78 is 0. The topological polar surface area (TPSA) is 49.3 Å². The molecular weight excluding hydrogens is 250 g/mol. The number of aliphatic hydroxyl groups excluding tert-OH is 1. The molecule has 18 heavy (non-hydrogen) atoms. The summed E-state index contributed by atoms with van der Waals surface area (Å²) in [5, 5.41) is 13.7. The Morgan fingerprint density at radius 3 is 2.50 bits per heavy atom. The van der Waals surface area contributed by atoms with E-state index in [9.17, 15) is 9.90 Å². The van der Waals surface area contributed by atoms with Gasteiger partial charge in [0, 0.05) is 10.9 Å². The number of hydrogen-bond donors (Lipinski definition) is 2. The number of nitrogens with one attached hydrogen (secondary N) is 1. The molecule has 2 unspecified atom stereocenters. The standard InChI is InChI=1S/C14H18ClNO2/c1-9(16-14(18)11-3-2-4-11)13(17)10-5-7-12(15)8-6-10/h5-9,11,13,17H,2-4H2,1H3,(H,16,18). The first kappa shape index (κ1) is 13.4. The van der Waals surface area contributed by atoms with Gasteiger partial charge in [0.15, 0.2) is 0 Å². The van der Waals surface area contributed by atoms with Crippen LogP contribution in [0.4, 0.5) is 0 Å². The lowest BCUT2D eigenvalue weighted by Gasteiger charge is -2.28. The van der Waals surface area contributed by atoms with E-state index < -0.39 is 6.10 Å². The fraction of sp³-hybridized carbons (Fsp3) is 0.500. The summed E-state index contributed by atoms with van der Waals surface area (Å²) in [4.78, 5) is 11.8. The number of hydrogen-bond acceptors (Lipinski definition) is 2. The highest BCUT2D eigenvalue weighted by Gasteiger charge is 2.27. The van der Waals surface area contributed by atoms with E-state index in [-0.39, 0.29) is 17.9 Å². The van der Waals surface area contributed by atoms with Crippen LogP contribution >= 0.6 is 11.6 Å². The third-order valence-corrected chi connectivity index (χ3v) is 3.78. The highest BCUT2D eigenvalue weighted by atomic mass is 35.5. The Kier molecular flexibility index (Phi) is 4.25. The molecule has 1 aliphatic rings. The molecule has 1 aromatic carbocycles. The predicted molar refractivity (Wildman–Crippen MR) is 71.4 cm³/mol. The van der Waals surface area contributed by atoms with E-state index in [1.807, 2.05) is 6.92 Å². The van der Waals surface area contributed by atoms with Crippen LogP contribution in [0.15, 0.2) is 24.3 Å². The molecular formula is C14H18ClNO2. The molecule has 0 aliphatic heterocycles. The second kappa shape index (κ2) is 5.72. The number of rotatable bonds is 4. The van der Waals surface area contributed by atoms with Gasteiger partial charge in [0.1, 0.15) is 0 Å². The molecule has 2 rings (SSSR count). The van der Waals surface area contributed by atoms with Crippen molar-refractivity contribution >= 4 is 17.5 Å². The zero-order valence-electron chi connectivity index (χ0n) is 10.4. The van der Waals surface area contributed by atoms with Gasteiger partial charge in [0.2, 0.25) is 5.91 Å². The fourth-order valence-electron chi connectivity index (χ4n) is 2.04. The van der Waals surface area contributed by atoms with Crippen LogP contribution in [0.1, 0.15) is 37.9 Å². The van der Waals surface area contributed by atoms with Gasteiger partial charge in [-0.25, -0.2) is 0 Å². The molecule has 4 heteroatoms. The van der Waals surface area contributed by atoms with E-state index in [4.69, 9.17) is 11.6 Å². The molecule has 1 saturated carbocycles. The highest BCUT2D eigenvalue weighted by Crippen LogP contribution is 2.27. The number of benzene rings is 1. The number of amides is 1. The van der Waals surface area contributed by atoms with Gasteiger partial charge in [0.05, 0.1) is 12.1 Å². The maximum absolute atomic E-state index is 11.8. The van der Waals surface area contributed by atoms with E-state index >= 15 is 0 Å². The molecule has 2 N–H and O–H groups in total. The zero-order chi connectivity index (χ0) is 13.1. The van der Waals surface area contributed by atoms with Gasteiger partial charge in [-0.2, -0.15) is 0 Å². The Hall–Kier alpha value is -1.06. The summed E-state index contributed by atoms with van der Waals surface area (Å²) >= 11 is 5.80. The van der Waals surface area contributed by atoms with E-state index in [2.05, 4.69) is 5.32 Å². The van der Waals surface area contributed by atoms with E-state index in [1.165, 1.54) is 0 Å². The van der Waals surface area contributed by atoms with Crippen molar-refractivity contribution in [1.29, 1.82) is 0 Å². The summed E-state index contributed by atoms with van der Waals surface area (Å²) in [6.45, 7) is 1.82. The highest BCUT2D eigenvalue weighted by molar-refractivity contribution is 6.30. The summed E-state index contributed by atoms with van der Waals surface area (Å²) in [5.41, 5.74) is 0.765. The molecule has 1 amide bonds. The summed E-state index contributed by atoms with van der Waals surface area (Å²) in [6, 6.07) is 6.73. The fourth-order valence-corrected chi connectivity index (χ4v) is 2.17. The summed E-state index contributed by atoms with van der Waals surface area (Å²) in [7, 11) is 0. The van der Waals surface area contributed by atoms with Crippen molar-refractivity contribution < 1.29 is 9.90 Å². The minimum atomic E-state index is -0.703. The van der Waals surface area contributed by atoms with Crippen LogP contribution in [0.3, 0.4) is 0 Å². The molecule has 0 spiro atoms. The first-order chi connectivity index (χ1) is 8.58. The molecule has 0 bridgehead atoms. The second-order valence-electron chi connectivity index (χ2n) is 4.92. The number of carbonyl (C=O) groups excluding carboxylic acids is 1. The Morgan fingerprint density at radius 2 is 2.00 bits per heavy atom. The average molecular weight is 268 g/mol. The molecule has 2 atom stereocenters. The van der Waals surface area contributed by atoms with Crippen LogP contribution in [-0.4, -0.2) is 17.1 Å². The van der Waals surface area contributed by atoms with Crippen LogP contribution < -0.4 is 5.32 Å². The lowest BCUT2D eigenvalue weighted by Crippen LogP contribution is -2.42. The van der Waals surface area contributed by atoms with Crippen LogP contribution in [0, 0.1) is 5.92 Å². The van der Waals surface area contributed by atoms with Gasteiger partial charge < -0.3 is 10.4 Å². The first-order valence-corrected chi connectivity index (χ1v) is 6.69. The minimum Gasteiger partial charge on any atom is -0.386 e. The van der Waals surface area contributed by atoms with Gasteiger partial charge in [-0.1, -0.05) is 30.2 Å². The molecule has 0 radical (unpaired) electrons. The Labute approximate surface area is 112 Å². The maximum atomic E-state index is 11.8. The summed E-state index contributed by atoms with van der Waals surface area (Å²) in [5.74, 6) is 0.201. The van der Waals surface area contributed by atoms with Gasteiger partial charge >= 0.3 is 0 Å². The molecule has 0 heterocycles. The molecule has 1 fully saturated rings. The van der Waals surface area contributed by atoms with Crippen LogP contribution in [-0.2, 0) is 4.79 Å². The van der Waals surface area contributed by atoms with Crippen molar-refractivity contribution in [2.75, 3.05) is 0 Å². The predicted octanol–water partition coefficient (Wildman–Crippen LogP) is 2.68. The van der Waals surface area contributed by atoms with Crippen LogP contribution in [0.25, 0.3) is 0 Å².